The smallest absolute Gasteiger partial charge is 0.421 e. The minimum atomic E-state index is -0.843. The van der Waals surface area contributed by atoms with Gasteiger partial charge in [-0.3, -0.25) is 0 Å². The summed E-state index contributed by atoms with van der Waals surface area (Å²) < 4.78 is 10.6. The van der Waals surface area contributed by atoms with Crippen molar-refractivity contribution in [2.75, 3.05) is 7.11 Å². The third-order valence-electron chi connectivity index (χ3n) is 3.62. The summed E-state index contributed by atoms with van der Waals surface area (Å²) in [6, 6.07) is 17.0. The molecule has 23 heavy (non-hydrogen) atoms. The summed E-state index contributed by atoms with van der Waals surface area (Å²) in [6.07, 6.45) is 1.08. The molecule has 5 nitrogen and oxygen atoms in total. The second-order valence-electron chi connectivity index (χ2n) is 4.98. The number of fused-ring (bicyclic) bond motifs is 1. The molecule has 0 radical (unpaired) electrons. The molecule has 3 rings (SSSR count). The molecule has 0 spiro atoms. The fraction of sp³-hybridized carbons (Fsp3) is 0.111. The second-order valence-corrected chi connectivity index (χ2v) is 4.98. The largest absolute Gasteiger partial charge is 0.472 e. The van der Waals surface area contributed by atoms with Gasteiger partial charge in [-0.1, -0.05) is 48.5 Å². The summed E-state index contributed by atoms with van der Waals surface area (Å²) in [5, 5.41) is 0. The molecule has 1 aliphatic heterocycles. The molecule has 0 aliphatic carbocycles. The predicted octanol–water partition coefficient (Wildman–Crippen LogP) is 2.83. The highest BCUT2D eigenvalue weighted by Gasteiger charge is 2.39. The Morgan fingerprint density at radius 2 is 1.83 bits per heavy atom. The Bertz CT molecular complexity index is 821. The van der Waals surface area contributed by atoms with Crippen molar-refractivity contribution in [1.29, 1.82) is 0 Å². The van der Waals surface area contributed by atoms with E-state index in [4.69, 9.17) is 9.47 Å². The van der Waals surface area contributed by atoms with Gasteiger partial charge in [0.2, 0.25) is 6.10 Å². The van der Waals surface area contributed by atoms with Gasteiger partial charge in [0.25, 0.3) is 0 Å². The first kappa shape index (κ1) is 14.8. The van der Waals surface area contributed by atoms with Gasteiger partial charge in [-0.2, -0.15) is 4.79 Å². The lowest BCUT2D eigenvalue weighted by Gasteiger charge is -2.24. The lowest BCUT2D eigenvalue weighted by Crippen LogP contribution is -2.37. The fourth-order valence-corrected chi connectivity index (χ4v) is 2.51. The van der Waals surface area contributed by atoms with Crippen LogP contribution in [0.5, 0.6) is 5.75 Å². The molecule has 1 unspecified atom stereocenters. The van der Waals surface area contributed by atoms with Crippen molar-refractivity contribution in [2.24, 2.45) is 0 Å². The summed E-state index contributed by atoms with van der Waals surface area (Å²) in [5.74, 6) is -0.124. The monoisotopic (exact) mass is 306 g/mol. The summed E-state index contributed by atoms with van der Waals surface area (Å²) in [4.78, 5) is 15.0. The van der Waals surface area contributed by atoms with Crippen LogP contribution in [-0.2, 0) is 9.53 Å². The Kier molecular flexibility index (Phi) is 4.04. The van der Waals surface area contributed by atoms with Crippen LogP contribution in [0.2, 0.25) is 0 Å². The molecule has 1 atom stereocenters. The number of carbonyl (C=O) groups excluding carboxylic acids is 1. The maximum atomic E-state index is 11.9. The van der Waals surface area contributed by atoms with Crippen molar-refractivity contribution in [3.05, 3.63) is 71.3 Å². The van der Waals surface area contributed by atoms with Crippen molar-refractivity contribution in [2.45, 2.75) is 6.10 Å². The number of rotatable bonds is 3. The zero-order valence-electron chi connectivity index (χ0n) is 12.5. The minimum Gasteiger partial charge on any atom is -0.472 e. The van der Waals surface area contributed by atoms with Crippen LogP contribution >= 0.6 is 0 Å². The Hall–Kier alpha value is -3.17. The van der Waals surface area contributed by atoms with Gasteiger partial charge in [0.1, 0.15) is 5.75 Å². The molecule has 2 aromatic rings. The predicted molar refractivity (Wildman–Crippen MR) is 85.8 cm³/mol. The molecule has 114 valence electrons. The molecule has 1 heterocycles. The van der Waals surface area contributed by atoms with Gasteiger partial charge in [0.05, 0.1) is 7.11 Å². The molecule has 1 aliphatic rings. The zero-order valence-corrected chi connectivity index (χ0v) is 12.5. The molecule has 0 amide bonds. The molecular weight excluding hydrogens is 292 g/mol. The van der Waals surface area contributed by atoms with Gasteiger partial charge in [-0.05, 0) is 17.7 Å². The van der Waals surface area contributed by atoms with Crippen LogP contribution in [0.15, 0.2) is 54.6 Å². The Labute approximate surface area is 133 Å². The average molecular weight is 306 g/mol. The van der Waals surface area contributed by atoms with Crippen LogP contribution < -0.4 is 4.74 Å². The molecule has 0 N–H and O–H groups in total. The van der Waals surface area contributed by atoms with Crippen molar-refractivity contribution >= 4 is 23.3 Å². The molecule has 5 heteroatoms. The van der Waals surface area contributed by atoms with Crippen LogP contribution in [0, 0.1) is 0 Å². The molecule has 2 aromatic carbocycles. The van der Waals surface area contributed by atoms with E-state index in [1.165, 1.54) is 7.11 Å². The van der Waals surface area contributed by atoms with E-state index < -0.39 is 12.1 Å². The Morgan fingerprint density at radius 1 is 1.13 bits per heavy atom. The quantitative estimate of drug-likeness (QED) is 0.379. The number of carbonyl (C=O) groups is 1. The lowest BCUT2D eigenvalue weighted by atomic mass is 9.92. The highest BCUT2D eigenvalue weighted by molar-refractivity contribution is 6.38. The van der Waals surface area contributed by atoms with Gasteiger partial charge in [0.15, 0.2) is 0 Å². The van der Waals surface area contributed by atoms with E-state index in [1.54, 1.807) is 6.07 Å². The van der Waals surface area contributed by atoms with Crippen LogP contribution in [0.25, 0.3) is 17.2 Å². The van der Waals surface area contributed by atoms with E-state index in [-0.39, 0.29) is 5.71 Å². The average Bonchev–Trinajstić information content (AvgIpc) is 2.62. The number of hydrogen-bond donors (Lipinski definition) is 0. The maximum Gasteiger partial charge on any atom is 0.421 e. The van der Waals surface area contributed by atoms with Crippen LogP contribution in [-0.4, -0.2) is 29.7 Å². The van der Waals surface area contributed by atoms with E-state index >= 15 is 0 Å². The molecular formula is C18H14N2O3. The van der Waals surface area contributed by atoms with Gasteiger partial charge in [-0.15, -0.1) is 0 Å². The van der Waals surface area contributed by atoms with E-state index in [0.29, 0.717) is 5.75 Å². The van der Waals surface area contributed by atoms with Crippen LogP contribution in [0.1, 0.15) is 11.1 Å². The lowest BCUT2D eigenvalue weighted by molar-refractivity contribution is -0.138. The highest BCUT2D eigenvalue weighted by Crippen LogP contribution is 2.34. The van der Waals surface area contributed by atoms with E-state index in [1.807, 2.05) is 54.6 Å². The van der Waals surface area contributed by atoms with Crippen molar-refractivity contribution in [3.8, 4) is 5.75 Å². The molecule has 0 aromatic heterocycles. The van der Waals surface area contributed by atoms with Gasteiger partial charge >= 0.3 is 11.7 Å². The summed E-state index contributed by atoms with van der Waals surface area (Å²) in [6.45, 7) is 0. The SMILES string of the molecule is COC(=O)C(=[N+]=[N-])C1Oc2ccccc2C=C1c1ccccc1. The van der Waals surface area contributed by atoms with Crippen LogP contribution in [0.4, 0.5) is 0 Å². The van der Waals surface area contributed by atoms with Gasteiger partial charge in [-0.25, -0.2) is 4.79 Å². The van der Waals surface area contributed by atoms with Crippen molar-refractivity contribution < 1.29 is 19.1 Å². The fourth-order valence-electron chi connectivity index (χ4n) is 2.51. The molecule has 0 fully saturated rings. The van der Waals surface area contributed by atoms with E-state index in [0.717, 1.165) is 16.7 Å². The maximum absolute atomic E-state index is 11.9. The normalized spacial score (nSPS) is 15.5. The standard InChI is InChI=1S/C18H14N2O3/c1-22-18(21)16(20-19)17-14(12-7-3-2-4-8-12)11-13-9-5-6-10-15(13)23-17/h2-11,17H,1H3. The molecule has 0 saturated carbocycles. The van der Waals surface area contributed by atoms with E-state index in [2.05, 4.69) is 4.79 Å². The number of para-hydroxylation sites is 1. The number of nitrogens with zero attached hydrogens (tertiary/aromatic N) is 2. The van der Waals surface area contributed by atoms with Crippen molar-refractivity contribution in [1.82, 2.24) is 0 Å². The van der Waals surface area contributed by atoms with Crippen molar-refractivity contribution in [3.63, 3.8) is 0 Å². The first-order valence-corrected chi connectivity index (χ1v) is 7.07. The second kappa shape index (κ2) is 6.30. The summed E-state index contributed by atoms with van der Waals surface area (Å²) in [5.41, 5.74) is 11.6. The molecule has 0 bridgehead atoms. The van der Waals surface area contributed by atoms with Crippen LogP contribution in [0.3, 0.4) is 0 Å². The number of esters is 1. The number of ether oxygens (including phenoxy) is 2. The van der Waals surface area contributed by atoms with E-state index in [9.17, 15) is 10.3 Å². The highest BCUT2D eigenvalue weighted by atomic mass is 16.5. The first-order chi connectivity index (χ1) is 11.2. The summed E-state index contributed by atoms with van der Waals surface area (Å²) in [7, 11) is 1.23. The number of methoxy groups -OCH3 is 1. The Morgan fingerprint density at radius 3 is 2.52 bits per heavy atom. The minimum absolute atomic E-state index is 0.197. The third kappa shape index (κ3) is 2.78. The molecule has 0 saturated heterocycles. The zero-order chi connectivity index (χ0) is 16.2. The number of hydrogen-bond acceptors (Lipinski definition) is 3. The third-order valence-corrected chi connectivity index (χ3v) is 3.62. The summed E-state index contributed by atoms with van der Waals surface area (Å²) >= 11 is 0. The topological polar surface area (TPSA) is 71.9 Å². The van der Waals surface area contributed by atoms with Gasteiger partial charge in [0, 0.05) is 11.1 Å². The number of benzene rings is 2. The van der Waals surface area contributed by atoms with Gasteiger partial charge < -0.3 is 15.0 Å². The first-order valence-electron chi connectivity index (χ1n) is 7.07. The Balaban J connectivity index is 2.15.